The lowest BCUT2D eigenvalue weighted by atomic mass is 9.82. The van der Waals surface area contributed by atoms with Crippen LogP contribution in [0, 0.1) is 0 Å². The molecule has 0 radical (unpaired) electrons. The SMILES string of the molecule is c1ccc(-c2ccccc2-c2c3ccccc3c(-c3cccc4c(-c5ccccc5)cccc34)c3ccccc23)cc1. The van der Waals surface area contributed by atoms with Gasteiger partial charge in [0.2, 0.25) is 0 Å². The Bertz CT molecular complexity index is 2170. The molecule has 8 aromatic carbocycles. The summed E-state index contributed by atoms with van der Waals surface area (Å²) in [7, 11) is 0. The molecule has 0 bridgehead atoms. The Morgan fingerprint density at radius 1 is 0.190 bits per heavy atom. The second-order valence-electron chi connectivity index (χ2n) is 10.8. The first kappa shape index (κ1) is 24.3. The fourth-order valence-corrected chi connectivity index (χ4v) is 6.68. The van der Waals surface area contributed by atoms with Crippen LogP contribution in [0.25, 0.3) is 76.8 Å². The van der Waals surface area contributed by atoms with Crippen molar-refractivity contribution in [3.63, 3.8) is 0 Å². The van der Waals surface area contributed by atoms with Crippen LogP contribution < -0.4 is 0 Å². The van der Waals surface area contributed by atoms with Crippen molar-refractivity contribution in [2.45, 2.75) is 0 Å². The summed E-state index contributed by atoms with van der Waals surface area (Å²) in [6.45, 7) is 0. The molecule has 8 rings (SSSR count). The molecular weight excluding hydrogens is 504 g/mol. The summed E-state index contributed by atoms with van der Waals surface area (Å²) >= 11 is 0. The summed E-state index contributed by atoms with van der Waals surface area (Å²) in [6.07, 6.45) is 0. The highest BCUT2D eigenvalue weighted by atomic mass is 14.2. The summed E-state index contributed by atoms with van der Waals surface area (Å²) in [6, 6.07) is 61.6. The highest BCUT2D eigenvalue weighted by molar-refractivity contribution is 6.24. The lowest BCUT2D eigenvalue weighted by Crippen LogP contribution is -1.93. The Labute approximate surface area is 246 Å². The summed E-state index contributed by atoms with van der Waals surface area (Å²) < 4.78 is 0. The zero-order valence-electron chi connectivity index (χ0n) is 23.2. The molecule has 0 heterocycles. The van der Waals surface area contributed by atoms with Crippen molar-refractivity contribution in [1.29, 1.82) is 0 Å². The molecule has 0 saturated heterocycles. The summed E-state index contributed by atoms with van der Waals surface area (Å²) in [4.78, 5) is 0. The number of hydrogen-bond acceptors (Lipinski definition) is 0. The van der Waals surface area contributed by atoms with E-state index in [-0.39, 0.29) is 0 Å². The number of rotatable bonds is 4. The standard InChI is InChI=1S/C42H28/c1-3-15-29(16-4-1)31-25-13-27-34-33(31)26-14-28-36(34)42-39-23-11-9-21-37(39)41(38-22-10-12-24-40(38)42)35-20-8-7-19-32(35)30-17-5-2-6-18-30/h1-28H. The molecule has 0 aliphatic rings. The van der Waals surface area contributed by atoms with Crippen LogP contribution in [0.4, 0.5) is 0 Å². The smallest absolute Gasteiger partial charge is 0.00201 e. The second-order valence-corrected chi connectivity index (χ2v) is 10.8. The van der Waals surface area contributed by atoms with Crippen LogP contribution in [0.15, 0.2) is 170 Å². The number of hydrogen-bond donors (Lipinski definition) is 0. The molecule has 0 aliphatic heterocycles. The van der Waals surface area contributed by atoms with Crippen LogP contribution in [0.3, 0.4) is 0 Å². The molecule has 42 heavy (non-hydrogen) atoms. The van der Waals surface area contributed by atoms with Gasteiger partial charge in [-0.15, -0.1) is 0 Å². The van der Waals surface area contributed by atoms with Crippen molar-refractivity contribution >= 4 is 32.3 Å². The molecule has 0 unspecified atom stereocenters. The van der Waals surface area contributed by atoms with Gasteiger partial charge in [0.15, 0.2) is 0 Å². The van der Waals surface area contributed by atoms with E-state index in [0.717, 1.165) is 0 Å². The lowest BCUT2D eigenvalue weighted by Gasteiger charge is -2.20. The Morgan fingerprint density at radius 3 is 1.07 bits per heavy atom. The normalized spacial score (nSPS) is 11.3. The maximum atomic E-state index is 2.30. The fourth-order valence-electron chi connectivity index (χ4n) is 6.68. The van der Waals surface area contributed by atoms with Gasteiger partial charge < -0.3 is 0 Å². The monoisotopic (exact) mass is 532 g/mol. The Balaban J connectivity index is 1.48. The van der Waals surface area contributed by atoms with E-state index in [9.17, 15) is 0 Å². The number of fused-ring (bicyclic) bond motifs is 3. The minimum absolute atomic E-state index is 1.23. The predicted octanol–water partition coefficient (Wildman–Crippen LogP) is 11.8. The Hall–Kier alpha value is -5.46. The van der Waals surface area contributed by atoms with Crippen molar-refractivity contribution in [3.05, 3.63) is 170 Å². The van der Waals surface area contributed by atoms with Crippen LogP contribution >= 0.6 is 0 Å². The second kappa shape index (κ2) is 10.2. The highest BCUT2D eigenvalue weighted by Crippen LogP contribution is 2.47. The van der Waals surface area contributed by atoms with Gasteiger partial charge in [0.05, 0.1) is 0 Å². The molecule has 0 spiro atoms. The maximum Gasteiger partial charge on any atom is -0.00201 e. The van der Waals surface area contributed by atoms with Gasteiger partial charge in [-0.3, -0.25) is 0 Å². The van der Waals surface area contributed by atoms with Gasteiger partial charge in [0, 0.05) is 0 Å². The molecule has 0 nitrogen and oxygen atoms in total. The van der Waals surface area contributed by atoms with Crippen molar-refractivity contribution < 1.29 is 0 Å². The first-order chi connectivity index (χ1) is 20.9. The van der Waals surface area contributed by atoms with E-state index in [4.69, 9.17) is 0 Å². The maximum absolute atomic E-state index is 2.30. The third kappa shape index (κ3) is 3.92. The molecule has 0 saturated carbocycles. The van der Waals surface area contributed by atoms with Crippen molar-refractivity contribution in [2.24, 2.45) is 0 Å². The quantitative estimate of drug-likeness (QED) is 0.198. The summed E-state index contributed by atoms with van der Waals surface area (Å²) in [5, 5.41) is 7.62. The zero-order chi connectivity index (χ0) is 27.9. The van der Waals surface area contributed by atoms with E-state index in [1.165, 1.54) is 76.8 Å². The van der Waals surface area contributed by atoms with E-state index in [0.29, 0.717) is 0 Å². The van der Waals surface area contributed by atoms with Crippen LogP contribution in [0.5, 0.6) is 0 Å². The van der Waals surface area contributed by atoms with Crippen LogP contribution in [-0.2, 0) is 0 Å². The van der Waals surface area contributed by atoms with Crippen molar-refractivity contribution in [3.8, 4) is 44.5 Å². The van der Waals surface area contributed by atoms with Crippen LogP contribution in [0.2, 0.25) is 0 Å². The summed E-state index contributed by atoms with van der Waals surface area (Å²) in [5.41, 5.74) is 10.1. The number of benzene rings is 8. The molecular formula is C42H28. The molecule has 0 N–H and O–H groups in total. The largest absolute Gasteiger partial charge is 0.0622 e. The molecule has 8 aromatic rings. The molecule has 196 valence electrons. The fraction of sp³-hybridized carbons (Fsp3) is 0. The average molecular weight is 533 g/mol. The van der Waals surface area contributed by atoms with E-state index in [1.807, 2.05) is 0 Å². The van der Waals surface area contributed by atoms with Gasteiger partial charge in [0.25, 0.3) is 0 Å². The molecule has 0 aliphatic carbocycles. The van der Waals surface area contributed by atoms with Gasteiger partial charge >= 0.3 is 0 Å². The Kier molecular flexibility index (Phi) is 5.90. The van der Waals surface area contributed by atoms with Crippen LogP contribution in [0.1, 0.15) is 0 Å². The highest BCUT2D eigenvalue weighted by Gasteiger charge is 2.20. The third-order valence-corrected chi connectivity index (χ3v) is 8.49. The lowest BCUT2D eigenvalue weighted by molar-refractivity contribution is 1.61. The summed E-state index contributed by atoms with van der Waals surface area (Å²) in [5.74, 6) is 0. The molecule has 0 atom stereocenters. The van der Waals surface area contributed by atoms with Gasteiger partial charge in [-0.2, -0.15) is 0 Å². The molecule has 0 amide bonds. The third-order valence-electron chi connectivity index (χ3n) is 8.49. The van der Waals surface area contributed by atoms with E-state index < -0.39 is 0 Å². The van der Waals surface area contributed by atoms with E-state index in [2.05, 4.69) is 170 Å². The molecule has 0 aromatic heterocycles. The predicted molar refractivity (Wildman–Crippen MR) is 181 cm³/mol. The van der Waals surface area contributed by atoms with Gasteiger partial charge in [0.1, 0.15) is 0 Å². The first-order valence-corrected chi connectivity index (χ1v) is 14.5. The first-order valence-electron chi connectivity index (χ1n) is 14.5. The van der Waals surface area contributed by atoms with Gasteiger partial charge in [-0.1, -0.05) is 170 Å². The van der Waals surface area contributed by atoms with Crippen LogP contribution in [-0.4, -0.2) is 0 Å². The molecule has 0 fully saturated rings. The van der Waals surface area contributed by atoms with Crippen molar-refractivity contribution in [2.75, 3.05) is 0 Å². The van der Waals surface area contributed by atoms with E-state index >= 15 is 0 Å². The molecule has 0 heteroatoms. The minimum Gasteiger partial charge on any atom is -0.0622 e. The average Bonchev–Trinajstić information content (AvgIpc) is 3.07. The Morgan fingerprint density at radius 2 is 0.524 bits per heavy atom. The van der Waals surface area contributed by atoms with Gasteiger partial charge in [-0.05, 0) is 76.8 Å². The van der Waals surface area contributed by atoms with Gasteiger partial charge in [-0.25, -0.2) is 0 Å². The van der Waals surface area contributed by atoms with Crippen molar-refractivity contribution in [1.82, 2.24) is 0 Å². The topological polar surface area (TPSA) is 0 Å². The van der Waals surface area contributed by atoms with E-state index in [1.54, 1.807) is 0 Å². The minimum atomic E-state index is 1.23. The zero-order valence-corrected chi connectivity index (χ0v) is 23.2.